The first-order chi connectivity index (χ1) is 19.1. The summed E-state index contributed by atoms with van der Waals surface area (Å²) in [5.74, 6) is -4.02. The first-order valence-electron chi connectivity index (χ1n) is 11.5. The number of rotatable bonds is 6. The molecule has 0 radical (unpaired) electrons. The molecule has 0 aliphatic carbocycles. The van der Waals surface area contributed by atoms with E-state index in [0.29, 0.717) is 22.6 Å². The number of H-pyrrole nitrogens is 1. The number of nitrogens with zero attached hydrogens (tertiary/aromatic N) is 2. The highest BCUT2D eigenvalue weighted by atomic mass is 19.4. The molecule has 2 atom stereocenters. The van der Waals surface area contributed by atoms with Crippen molar-refractivity contribution >= 4 is 29.2 Å². The van der Waals surface area contributed by atoms with Gasteiger partial charge >= 0.3 is 24.1 Å². The molecule has 1 fully saturated rings. The second-order valence-electron chi connectivity index (χ2n) is 8.59. The van der Waals surface area contributed by atoms with E-state index in [9.17, 15) is 45.5 Å². The molecule has 2 aromatic carbocycles. The van der Waals surface area contributed by atoms with Crippen molar-refractivity contribution in [1.82, 2.24) is 10.1 Å². The summed E-state index contributed by atoms with van der Waals surface area (Å²) in [5, 5.41) is 5.89. The van der Waals surface area contributed by atoms with Gasteiger partial charge in [-0.3, -0.25) is 23.9 Å². The van der Waals surface area contributed by atoms with E-state index in [4.69, 9.17) is 9.47 Å². The molecule has 17 heteroatoms. The van der Waals surface area contributed by atoms with Crippen LogP contribution < -0.4 is 16.0 Å². The van der Waals surface area contributed by atoms with Crippen LogP contribution in [0.5, 0.6) is 0 Å². The predicted molar refractivity (Wildman–Crippen MR) is 125 cm³/mol. The third-order valence-electron chi connectivity index (χ3n) is 5.70. The third-order valence-corrected chi connectivity index (χ3v) is 5.70. The number of benzene rings is 2. The highest BCUT2D eigenvalue weighted by Crippen LogP contribution is 2.39. The molecule has 0 bridgehead atoms. The maximum absolute atomic E-state index is 13.4. The van der Waals surface area contributed by atoms with Gasteiger partial charge in [-0.15, -0.1) is 0 Å². The molecular formula is C24H18F6N4O7. The van der Waals surface area contributed by atoms with Crippen LogP contribution in [0.2, 0.25) is 0 Å². The molecule has 2 amide bonds. The quantitative estimate of drug-likeness (QED) is 0.330. The van der Waals surface area contributed by atoms with Crippen molar-refractivity contribution in [3.8, 4) is 11.4 Å². The van der Waals surface area contributed by atoms with Gasteiger partial charge in [0.2, 0.25) is 6.10 Å². The van der Waals surface area contributed by atoms with E-state index in [1.54, 1.807) is 0 Å². The Morgan fingerprint density at radius 2 is 1.66 bits per heavy atom. The number of aromatic nitrogens is 2. The smallest absolute Gasteiger partial charge is 0.439 e. The zero-order valence-corrected chi connectivity index (χ0v) is 20.6. The predicted octanol–water partition coefficient (Wildman–Crippen LogP) is 3.37. The van der Waals surface area contributed by atoms with Crippen molar-refractivity contribution in [2.24, 2.45) is 0 Å². The second kappa shape index (κ2) is 11.1. The highest BCUT2D eigenvalue weighted by molar-refractivity contribution is 6.04. The van der Waals surface area contributed by atoms with Gasteiger partial charge in [-0.25, -0.2) is 4.79 Å². The number of morpholine rings is 1. The molecule has 2 N–H and O–H groups in total. The zero-order chi connectivity index (χ0) is 30.1. The first-order valence-corrected chi connectivity index (χ1v) is 11.5. The van der Waals surface area contributed by atoms with Gasteiger partial charge in [-0.2, -0.15) is 26.3 Å². The number of anilines is 2. The Labute approximate surface area is 225 Å². The fourth-order valence-corrected chi connectivity index (χ4v) is 3.88. The van der Waals surface area contributed by atoms with E-state index >= 15 is 0 Å². The zero-order valence-electron chi connectivity index (χ0n) is 20.6. The largest absolute Gasteiger partial charge is 0.449 e. The van der Waals surface area contributed by atoms with Gasteiger partial charge in [0.25, 0.3) is 11.8 Å². The lowest BCUT2D eigenvalue weighted by Gasteiger charge is -2.35. The van der Waals surface area contributed by atoms with E-state index < -0.39 is 78.1 Å². The Morgan fingerprint density at radius 3 is 2.17 bits per heavy atom. The number of nitrogens with one attached hydrogen (secondary N) is 2. The molecule has 3 aromatic rings. The fraction of sp³-hybridized carbons (Fsp3) is 0.292. The normalized spacial score (nSPS) is 16.8. The number of hydrogen-bond acceptors (Lipinski definition) is 8. The minimum atomic E-state index is -5.16. The number of halogens is 6. The van der Waals surface area contributed by atoms with Gasteiger partial charge in [0.15, 0.2) is 11.9 Å². The second-order valence-corrected chi connectivity index (χ2v) is 8.59. The average Bonchev–Trinajstić information content (AvgIpc) is 3.33. The average molecular weight is 588 g/mol. The number of esters is 1. The van der Waals surface area contributed by atoms with Crippen molar-refractivity contribution in [3.63, 3.8) is 0 Å². The summed E-state index contributed by atoms with van der Waals surface area (Å²) in [6.45, 7) is 0.0544. The number of carbonyl (C=O) groups excluding carboxylic acids is 3. The van der Waals surface area contributed by atoms with Gasteiger partial charge in [-0.05, 0) is 42.5 Å². The number of aromatic amines is 1. The summed E-state index contributed by atoms with van der Waals surface area (Å²) >= 11 is 0. The van der Waals surface area contributed by atoms with E-state index in [1.807, 2.05) is 0 Å². The topological polar surface area (TPSA) is 144 Å². The fourth-order valence-electron chi connectivity index (χ4n) is 3.88. The maximum atomic E-state index is 13.4. The van der Waals surface area contributed by atoms with Gasteiger partial charge in [-0.1, -0.05) is 5.16 Å². The van der Waals surface area contributed by atoms with Gasteiger partial charge in [0.05, 0.1) is 17.7 Å². The number of carbonyl (C=O) groups is 3. The van der Waals surface area contributed by atoms with Crippen LogP contribution in [0.25, 0.3) is 11.4 Å². The van der Waals surface area contributed by atoms with Crippen LogP contribution >= 0.6 is 0 Å². The summed E-state index contributed by atoms with van der Waals surface area (Å²) < 4.78 is 94.8. The Hall–Kier alpha value is -4.67. The molecule has 1 saturated heterocycles. The summed E-state index contributed by atoms with van der Waals surface area (Å²) in [5.41, 5.74) is -3.52. The lowest BCUT2D eigenvalue weighted by Crippen LogP contribution is -2.56. The van der Waals surface area contributed by atoms with Crippen molar-refractivity contribution in [2.45, 2.75) is 31.5 Å². The van der Waals surface area contributed by atoms with Crippen LogP contribution in [-0.4, -0.2) is 53.3 Å². The molecule has 218 valence electrons. The maximum Gasteiger partial charge on any atom is 0.439 e. The molecule has 11 nitrogen and oxygen atoms in total. The molecule has 4 rings (SSSR count). The van der Waals surface area contributed by atoms with Crippen molar-refractivity contribution in [1.29, 1.82) is 0 Å². The SMILES string of the molecule is CC(=O)O[C@@H](C(=O)Nc1ccc(-c2noc(=O)[nH]2)cc1)[C@H]1OCCN(c2cc(C(F)(F)F)cc(C(F)(F)F)c2)C1=O. The van der Waals surface area contributed by atoms with Crippen LogP contribution in [0.3, 0.4) is 0 Å². The Bertz CT molecular complexity index is 1480. The third kappa shape index (κ3) is 6.74. The molecule has 0 saturated carbocycles. The molecule has 1 aliphatic rings. The lowest BCUT2D eigenvalue weighted by molar-refractivity contribution is -0.167. The Balaban J connectivity index is 1.60. The number of amides is 2. The summed E-state index contributed by atoms with van der Waals surface area (Å²) in [4.78, 5) is 52.1. The molecule has 41 heavy (non-hydrogen) atoms. The van der Waals surface area contributed by atoms with Crippen LogP contribution in [-0.2, 0) is 36.2 Å². The van der Waals surface area contributed by atoms with Gasteiger partial charge < -0.3 is 19.7 Å². The minimum absolute atomic E-state index is 0.0907. The van der Waals surface area contributed by atoms with Crippen molar-refractivity contribution in [2.75, 3.05) is 23.4 Å². The molecular weight excluding hydrogens is 570 g/mol. The summed E-state index contributed by atoms with van der Waals surface area (Å²) in [6.07, 6.45) is -14.2. The monoisotopic (exact) mass is 588 g/mol. The van der Waals surface area contributed by atoms with E-state index in [1.165, 1.54) is 24.3 Å². The van der Waals surface area contributed by atoms with Crippen LogP contribution in [0, 0.1) is 0 Å². The standard InChI is InChI=1S/C24H18F6N4O7/c1-11(35)40-17(20(36)31-15-4-2-12(3-5-15)19-32-22(38)41-33-19)18-21(37)34(6-7-39-18)16-9-13(23(25,26)27)8-14(10-16)24(28,29)30/h2-5,8-10,17-18H,6-7H2,1H3,(H,31,36)(H,32,33,38)/t17-,18-/m1/s1. The summed E-state index contributed by atoms with van der Waals surface area (Å²) in [6, 6.07) is 6.22. The minimum Gasteiger partial charge on any atom is -0.449 e. The first kappa shape index (κ1) is 29.3. The molecule has 2 heterocycles. The van der Waals surface area contributed by atoms with E-state index in [-0.39, 0.29) is 17.6 Å². The van der Waals surface area contributed by atoms with Crippen LogP contribution in [0.4, 0.5) is 37.7 Å². The molecule has 1 aromatic heterocycles. The highest BCUT2D eigenvalue weighted by Gasteiger charge is 2.44. The Morgan fingerprint density at radius 1 is 1.05 bits per heavy atom. The molecule has 1 aliphatic heterocycles. The Kier molecular flexibility index (Phi) is 7.92. The molecule has 0 unspecified atom stereocenters. The van der Waals surface area contributed by atoms with Gasteiger partial charge in [0.1, 0.15) is 0 Å². The van der Waals surface area contributed by atoms with E-state index in [2.05, 4.69) is 20.0 Å². The lowest BCUT2D eigenvalue weighted by atomic mass is 10.0. The van der Waals surface area contributed by atoms with E-state index in [0.717, 1.165) is 6.92 Å². The van der Waals surface area contributed by atoms with Crippen LogP contribution in [0.15, 0.2) is 51.8 Å². The number of alkyl halides is 6. The number of ether oxygens (including phenoxy) is 2. The van der Waals surface area contributed by atoms with Crippen molar-refractivity contribution in [3.05, 3.63) is 64.1 Å². The molecule has 0 spiro atoms. The number of hydrogen-bond donors (Lipinski definition) is 2. The van der Waals surface area contributed by atoms with Crippen molar-refractivity contribution < 1.29 is 54.7 Å². The summed E-state index contributed by atoms with van der Waals surface area (Å²) in [7, 11) is 0. The van der Waals surface area contributed by atoms with Gasteiger partial charge in [0, 0.05) is 30.4 Å². The van der Waals surface area contributed by atoms with Crippen LogP contribution in [0.1, 0.15) is 18.1 Å².